The number of benzene rings is 2. The number of alkyl halides is 3. The largest absolute Gasteiger partial charge is 0.492 e. The molecule has 2 aromatic carbocycles. The van der Waals surface area contributed by atoms with Gasteiger partial charge in [0.15, 0.2) is 0 Å². The third kappa shape index (κ3) is 6.79. The Morgan fingerprint density at radius 2 is 1.85 bits per heavy atom. The van der Waals surface area contributed by atoms with Crippen LogP contribution in [0, 0.1) is 0 Å². The molecule has 0 bridgehead atoms. The van der Waals surface area contributed by atoms with Crippen molar-refractivity contribution >= 4 is 11.7 Å². The van der Waals surface area contributed by atoms with Gasteiger partial charge in [0.2, 0.25) is 0 Å². The molecule has 0 aliphatic heterocycles. The van der Waals surface area contributed by atoms with Crippen LogP contribution < -0.4 is 10.1 Å². The molecule has 0 unspecified atom stereocenters. The highest BCUT2D eigenvalue weighted by atomic mass is 19.4. The van der Waals surface area contributed by atoms with E-state index in [4.69, 9.17) is 4.74 Å². The fourth-order valence-corrected chi connectivity index (χ4v) is 3.63. The molecule has 0 atom stereocenters. The van der Waals surface area contributed by atoms with Gasteiger partial charge in [-0.25, -0.2) is 4.79 Å². The van der Waals surface area contributed by atoms with Crippen LogP contribution in [0.2, 0.25) is 0 Å². The zero-order valence-electron chi connectivity index (χ0n) is 19.4. The van der Waals surface area contributed by atoms with Gasteiger partial charge in [0.1, 0.15) is 5.75 Å². The molecule has 0 aliphatic rings. The number of anilines is 1. The molecular weight excluding hydrogens is 443 g/mol. The van der Waals surface area contributed by atoms with Crippen molar-refractivity contribution in [3.05, 3.63) is 83.7 Å². The molecule has 2 amide bonds. The molecule has 0 radical (unpaired) electrons. The summed E-state index contributed by atoms with van der Waals surface area (Å²) < 4.78 is 46.8. The first-order valence-corrected chi connectivity index (χ1v) is 11.4. The van der Waals surface area contributed by atoms with Crippen LogP contribution in [0.15, 0.2) is 66.9 Å². The van der Waals surface area contributed by atoms with Crippen LogP contribution in [0.4, 0.5) is 23.7 Å². The van der Waals surface area contributed by atoms with Crippen molar-refractivity contribution in [2.75, 3.05) is 18.5 Å². The lowest BCUT2D eigenvalue weighted by Crippen LogP contribution is -2.36. The Kier molecular flexibility index (Phi) is 8.62. The predicted octanol–water partition coefficient (Wildman–Crippen LogP) is 6.79. The van der Waals surface area contributed by atoms with Crippen LogP contribution in [0.1, 0.15) is 43.5 Å². The number of carbonyl (C=O) groups excluding carboxylic acids is 1. The predicted molar refractivity (Wildman–Crippen MR) is 127 cm³/mol. The minimum atomic E-state index is -4.39. The van der Waals surface area contributed by atoms with E-state index in [0.717, 1.165) is 30.7 Å². The van der Waals surface area contributed by atoms with Gasteiger partial charge in [-0.05, 0) is 55.3 Å². The lowest BCUT2D eigenvalue weighted by atomic mass is 10.1. The number of carbonyl (C=O) groups is 1. The normalized spacial score (nSPS) is 11.3. The fourth-order valence-electron chi connectivity index (χ4n) is 3.63. The molecule has 0 spiro atoms. The van der Waals surface area contributed by atoms with Gasteiger partial charge in [-0.3, -0.25) is 0 Å². The van der Waals surface area contributed by atoms with Crippen molar-refractivity contribution in [3.63, 3.8) is 0 Å². The Bertz CT molecular complexity index is 1080. The van der Waals surface area contributed by atoms with Crippen LogP contribution in [0.5, 0.6) is 5.75 Å². The summed E-state index contributed by atoms with van der Waals surface area (Å²) in [5.41, 5.74) is 1.30. The molecule has 34 heavy (non-hydrogen) atoms. The van der Waals surface area contributed by atoms with Gasteiger partial charge >= 0.3 is 12.2 Å². The number of hydrogen-bond donors (Lipinski definition) is 1. The van der Waals surface area contributed by atoms with Crippen molar-refractivity contribution in [2.24, 2.45) is 0 Å². The first-order valence-electron chi connectivity index (χ1n) is 11.4. The summed E-state index contributed by atoms with van der Waals surface area (Å²) in [4.78, 5) is 14.9. The molecular formula is C26H30F3N3O2. The number of unbranched alkanes of at least 4 members (excludes halogenated alkanes) is 1. The summed E-state index contributed by atoms with van der Waals surface area (Å²) in [6.45, 7) is 5.57. The highest BCUT2D eigenvalue weighted by Gasteiger charge is 2.30. The van der Waals surface area contributed by atoms with Crippen LogP contribution in [-0.2, 0) is 19.3 Å². The van der Waals surface area contributed by atoms with E-state index in [2.05, 4.69) is 12.2 Å². The standard InChI is InChI=1S/C26H30F3N3O2/c1-3-5-15-32(25(33)30-23-13-6-7-14-24(23)34-4-2)19-22-12-9-16-31(22)18-20-10-8-11-21(17-20)26(27,28)29/h6-14,16-17H,3-5,15,18-19H2,1-2H3,(H,30,33). The molecule has 1 aromatic heterocycles. The van der Waals surface area contributed by atoms with Gasteiger partial charge in [0.05, 0.1) is 24.4 Å². The lowest BCUT2D eigenvalue weighted by Gasteiger charge is -2.24. The number of para-hydroxylation sites is 2. The highest BCUT2D eigenvalue weighted by molar-refractivity contribution is 5.91. The zero-order chi connectivity index (χ0) is 24.6. The van der Waals surface area contributed by atoms with Gasteiger partial charge in [0, 0.05) is 25.0 Å². The van der Waals surface area contributed by atoms with Crippen molar-refractivity contribution < 1.29 is 22.7 Å². The second-order valence-electron chi connectivity index (χ2n) is 7.96. The maximum Gasteiger partial charge on any atom is 0.416 e. The van der Waals surface area contributed by atoms with Gasteiger partial charge < -0.3 is 19.5 Å². The van der Waals surface area contributed by atoms with Gasteiger partial charge in [-0.1, -0.05) is 37.6 Å². The molecule has 0 aliphatic carbocycles. The molecule has 182 valence electrons. The molecule has 1 heterocycles. The number of nitrogens with one attached hydrogen (secondary N) is 1. The van der Waals surface area contributed by atoms with E-state index in [0.29, 0.717) is 36.7 Å². The molecule has 5 nitrogen and oxygen atoms in total. The van der Waals surface area contributed by atoms with E-state index in [1.807, 2.05) is 42.0 Å². The topological polar surface area (TPSA) is 46.5 Å². The van der Waals surface area contributed by atoms with E-state index >= 15 is 0 Å². The van der Waals surface area contributed by atoms with Crippen molar-refractivity contribution in [1.82, 2.24) is 9.47 Å². The number of halogens is 3. The minimum Gasteiger partial charge on any atom is -0.492 e. The van der Waals surface area contributed by atoms with E-state index < -0.39 is 11.7 Å². The lowest BCUT2D eigenvalue weighted by molar-refractivity contribution is -0.137. The molecule has 3 aromatic rings. The third-order valence-electron chi connectivity index (χ3n) is 5.38. The summed E-state index contributed by atoms with van der Waals surface area (Å²) in [5, 5.41) is 2.94. The molecule has 0 saturated carbocycles. The Balaban J connectivity index is 1.77. The number of amides is 2. The number of rotatable bonds is 10. The average molecular weight is 474 g/mol. The molecule has 0 saturated heterocycles. The van der Waals surface area contributed by atoms with Gasteiger partial charge in [0.25, 0.3) is 0 Å². The summed E-state index contributed by atoms with van der Waals surface area (Å²) in [6, 6.07) is 16.0. The van der Waals surface area contributed by atoms with Crippen LogP contribution in [0.3, 0.4) is 0 Å². The second-order valence-corrected chi connectivity index (χ2v) is 7.96. The first-order chi connectivity index (χ1) is 16.3. The highest BCUT2D eigenvalue weighted by Crippen LogP contribution is 2.30. The number of aromatic nitrogens is 1. The van der Waals surface area contributed by atoms with Crippen molar-refractivity contribution in [3.8, 4) is 5.75 Å². The summed E-state index contributed by atoms with van der Waals surface area (Å²) >= 11 is 0. The second kappa shape index (κ2) is 11.6. The Morgan fingerprint density at radius 3 is 2.59 bits per heavy atom. The Hall–Kier alpha value is -3.42. The minimum absolute atomic E-state index is 0.257. The van der Waals surface area contributed by atoms with E-state index in [1.54, 1.807) is 23.1 Å². The third-order valence-corrected chi connectivity index (χ3v) is 5.38. The summed E-state index contributed by atoms with van der Waals surface area (Å²) in [5.74, 6) is 0.599. The maximum absolute atomic E-state index is 13.2. The number of hydrogen-bond acceptors (Lipinski definition) is 2. The average Bonchev–Trinajstić information content (AvgIpc) is 3.24. The molecule has 0 fully saturated rings. The van der Waals surface area contributed by atoms with Gasteiger partial charge in [-0.2, -0.15) is 13.2 Å². The van der Waals surface area contributed by atoms with E-state index in [-0.39, 0.29) is 12.6 Å². The Labute approximate surface area is 198 Å². The quantitative estimate of drug-likeness (QED) is 0.352. The number of nitrogens with zero attached hydrogens (tertiary/aromatic N) is 2. The first kappa shape index (κ1) is 25.2. The number of ether oxygens (including phenoxy) is 1. The van der Waals surface area contributed by atoms with Crippen LogP contribution in [0.25, 0.3) is 0 Å². The summed E-state index contributed by atoms with van der Waals surface area (Å²) in [6.07, 6.45) is -0.822. The Morgan fingerprint density at radius 1 is 1.06 bits per heavy atom. The van der Waals surface area contributed by atoms with Gasteiger partial charge in [-0.15, -0.1) is 0 Å². The molecule has 3 rings (SSSR count). The van der Waals surface area contributed by atoms with Crippen molar-refractivity contribution in [2.45, 2.75) is 46.0 Å². The monoisotopic (exact) mass is 473 g/mol. The number of urea groups is 1. The van der Waals surface area contributed by atoms with Crippen LogP contribution in [-0.4, -0.2) is 28.6 Å². The fraction of sp³-hybridized carbons (Fsp3) is 0.346. The summed E-state index contributed by atoms with van der Waals surface area (Å²) in [7, 11) is 0. The smallest absolute Gasteiger partial charge is 0.416 e. The zero-order valence-corrected chi connectivity index (χ0v) is 19.4. The van der Waals surface area contributed by atoms with Crippen LogP contribution >= 0.6 is 0 Å². The van der Waals surface area contributed by atoms with E-state index in [9.17, 15) is 18.0 Å². The molecule has 8 heteroatoms. The molecule has 1 N–H and O–H groups in total. The van der Waals surface area contributed by atoms with Crippen molar-refractivity contribution in [1.29, 1.82) is 0 Å². The SMILES string of the molecule is CCCCN(Cc1cccn1Cc1cccc(C(F)(F)F)c1)C(=O)Nc1ccccc1OCC. The maximum atomic E-state index is 13.2. The van der Waals surface area contributed by atoms with E-state index in [1.165, 1.54) is 6.07 Å².